The molecule has 2 aromatic heterocycles. The second kappa shape index (κ2) is 11.8. The number of ether oxygens (including phenoxy) is 2. The SMILES string of the molecule is CCN(Cc1cccc(C)n1)C(=O)CN(c1cc2c(C)nsc2cc1Cl)S(=O)(=O)c1ccc(OC)c(OC)c1. The first-order chi connectivity index (χ1) is 18.6. The number of sulfonamides is 1. The van der Waals surface area contributed by atoms with Gasteiger partial charge in [0.15, 0.2) is 11.5 Å². The lowest BCUT2D eigenvalue weighted by atomic mass is 10.2. The van der Waals surface area contributed by atoms with Crippen molar-refractivity contribution >= 4 is 54.8 Å². The highest BCUT2D eigenvalue weighted by Crippen LogP contribution is 2.38. The Morgan fingerprint density at radius 2 is 1.79 bits per heavy atom. The molecule has 39 heavy (non-hydrogen) atoms. The van der Waals surface area contributed by atoms with Crippen LogP contribution in [0, 0.1) is 13.8 Å². The van der Waals surface area contributed by atoms with Crippen LogP contribution in [-0.2, 0) is 21.4 Å². The van der Waals surface area contributed by atoms with Gasteiger partial charge in [0.25, 0.3) is 10.0 Å². The maximum absolute atomic E-state index is 14.1. The van der Waals surface area contributed by atoms with Crippen LogP contribution in [0.15, 0.2) is 53.4 Å². The number of benzene rings is 2. The molecule has 9 nitrogen and oxygen atoms in total. The van der Waals surface area contributed by atoms with E-state index in [9.17, 15) is 13.2 Å². The van der Waals surface area contributed by atoms with E-state index in [-0.39, 0.29) is 27.9 Å². The topological polar surface area (TPSA) is 102 Å². The van der Waals surface area contributed by atoms with Gasteiger partial charge in [-0.05, 0) is 68.7 Å². The van der Waals surface area contributed by atoms with Crippen LogP contribution in [0.4, 0.5) is 5.69 Å². The van der Waals surface area contributed by atoms with Gasteiger partial charge >= 0.3 is 0 Å². The van der Waals surface area contributed by atoms with Crippen LogP contribution in [0.25, 0.3) is 10.1 Å². The fourth-order valence-corrected chi connectivity index (χ4v) is 6.78. The molecule has 2 heterocycles. The minimum atomic E-state index is -4.28. The van der Waals surface area contributed by atoms with Crippen LogP contribution in [0.3, 0.4) is 0 Å². The van der Waals surface area contributed by atoms with Gasteiger partial charge in [-0.3, -0.25) is 14.1 Å². The van der Waals surface area contributed by atoms with Gasteiger partial charge in [0.05, 0.1) is 52.5 Å². The van der Waals surface area contributed by atoms with E-state index in [2.05, 4.69) is 9.36 Å². The highest BCUT2D eigenvalue weighted by Gasteiger charge is 2.32. The fraction of sp³-hybridized carbons (Fsp3) is 0.296. The number of rotatable bonds is 10. The van der Waals surface area contributed by atoms with Crippen molar-refractivity contribution in [2.75, 3.05) is 31.6 Å². The monoisotopic (exact) mass is 588 g/mol. The number of hydrogen-bond donors (Lipinski definition) is 0. The van der Waals surface area contributed by atoms with Crippen molar-refractivity contribution in [3.8, 4) is 11.5 Å². The number of carbonyl (C=O) groups is 1. The van der Waals surface area contributed by atoms with Crippen molar-refractivity contribution in [1.29, 1.82) is 0 Å². The molecule has 12 heteroatoms. The van der Waals surface area contributed by atoms with E-state index in [1.165, 1.54) is 44.0 Å². The van der Waals surface area contributed by atoms with E-state index in [0.29, 0.717) is 18.0 Å². The molecular weight excluding hydrogens is 560 g/mol. The Kier molecular flexibility index (Phi) is 8.63. The van der Waals surface area contributed by atoms with Gasteiger partial charge < -0.3 is 14.4 Å². The number of anilines is 1. The van der Waals surface area contributed by atoms with Gasteiger partial charge in [0.1, 0.15) is 6.54 Å². The summed E-state index contributed by atoms with van der Waals surface area (Å²) in [6, 6.07) is 13.2. The largest absolute Gasteiger partial charge is 0.493 e. The number of pyridine rings is 1. The van der Waals surface area contributed by atoms with Crippen molar-refractivity contribution in [3.63, 3.8) is 0 Å². The van der Waals surface area contributed by atoms with Gasteiger partial charge in [0, 0.05) is 23.7 Å². The average Bonchev–Trinajstić information content (AvgIpc) is 3.28. The molecule has 0 bridgehead atoms. The van der Waals surface area contributed by atoms with Crippen LogP contribution < -0.4 is 13.8 Å². The molecule has 0 saturated heterocycles. The molecule has 0 unspecified atom stereocenters. The van der Waals surface area contributed by atoms with E-state index >= 15 is 0 Å². The quantitative estimate of drug-likeness (QED) is 0.250. The highest BCUT2D eigenvalue weighted by atomic mass is 35.5. The van der Waals surface area contributed by atoms with E-state index in [4.69, 9.17) is 21.1 Å². The van der Waals surface area contributed by atoms with Crippen molar-refractivity contribution in [2.24, 2.45) is 0 Å². The number of amides is 1. The van der Waals surface area contributed by atoms with E-state index in [0.717, 1.165) is 25.8 Å². The van der Waals surface area contributed by atoms with Crippen LogP contribution in [0.5, 0.6) is 11.5 Å². The molecule has 0 N–H and O–H groups in total. The summed E-state index contributed by atoms with van der Waals surface area (Å²) in [5.74, 6) is 0.215. The first kappa shape index (κ1) is 28.6. The minimum Gasteiger partial charge on any atom is -0.493 e. The molecule has 0 saturated carbocycles. The van der Waals surface area contributed by atoms with Crippen LogP contribution in [-0.4, -0.2) is 55.9 Å². The van der Waals surface area contributed by atoms with Gasteiger partial charge in [-0.2, -0.15) is 4.37 Å². The van der Waals surface area contributed by atoms with Gasteiger partial charge in [0.2, 0.25) is 5.91 Å². The second-order valence-electron chi connectivity index (χ2n) is 8.77. The third-order valence-electron chi connectivity index (χ3n) is 6.24. The molecule has 0 fully saturated rings. The summed E-state index contributed by atoms with van der Waals surface area (Å²) in [4.78, 5) is 19.6. The lowest BCUT2D eigenvalue weighted by Gasteiger charge is -2.28. The first-order valence-corrected chi connectivity index (χ1v) is 14.7. The van der Waals surface area contributed by atoms with Crippen molar-refractivity contribution in [2.45, 2.75) is 32.2 Å². The van der Waals surface area contributed by atoms with Crippen molar-refractivity contribution in [3.05, 3.63) is 70.6 Å². The summed E-state index contributed by atoms with van der Waals surface area (Å²) in [7, 11) is -1.40. The number of hydrogen-bond acceptors (Lipinski definition) is 8. The number of halogens is 1. The summed E-state index contributed by atoms with van der Waals surface area (Å²) in [5.41, 5.74) is 2.45. The Balaban J connectivity index is 1.80. The van der Waals surface area contributed by atoms with Crippen molar-refractivity contribution < 1.29 is 22.7 Å². The minimum absolute atomic E-state index is 0.0762. The Bertz CT molecular complexity index is 1620. The standard InChI is InChI=1S/C27H29ClN4O5S2/c1-6-31(15-19-9-7-8-17(2)29-19)27(33)16-32(23-13-21-18(3)30-38-26(21)14-22(23)28)39(34,35)20-10-11-24(36-4)25(12-20)37-5/h7-14H,6,15-16H2,1-5H3. The number of likely N-dealkylation sites (N-methyl/N-ethyl adjacent to an activating group) is 1. The summed E-state index contributed by atoms with van der Waals surface area (Å²) in [6.45, 7) is 5.67. The highest BCUT2D eigenvalue weighted by molar-refractivity contribution is 7.92. The number of fused-ring (bicyclic) bond motifs is 1. The number of aryl methyl sites for hydroxylation is 2. The number of aromatic nitrogens is 2. The molecule has 1 amide bonds. The Hall–Kier alpha value is -3.41. The molecule has 4 aromatic rings. The third kappa shape index (κ3) is 5.95. The molecule has 0 aliphatic rings. The van der Waals surface area contributed by atoms with Gasteiger partial charge in [-0.15, -0.1) is 0 Å². The maximum atomic E-state index is 14.1. The van der Waals surface area contributed by atoms with Gasteiger partial charge in [-0.1, -0.05) is 17.7 Å². The average molecular weight is 589 g/mol. The number of methoxy groups -OCH3 is 2. The molecule has 0 spiro atoms. The fourth-order valence-electron chi connectivity index (χ4n) is 4.15. The summed E-state index contributed by atoms with van der Waals surface area (Å²) < 4.78 is 45.1. The molecule has 206 valence electrons. The summed E-state index contributed by atoms with van der Waals surface area (Å²) >= 11 is 7.92. The van der Waals surface area contributed by atoms with Crippen LogP contribution in [0.1, 0.15) is 24.0 Å². The van der Waals surface area contributed by atoms with Crippen LogP contribution >= 0.6 is 23.1 Å². The normalized spacial score (nSPS) is 11.4. The number of carbonyl (C=O) groups excluding carboxylic acids is 1. The summed E-state index contributed by atoms with van der Waals surface area (Å²) in [6.07, 6.45) is 0. The second-order valence-corrected chi connectivity index (χ2v) is 11.8. The molecule has 4 rings (SSSR count). The Morgan fingerprint density at radius 1 is 1.05 bits per heavy atom. The molecule has 0 atom stereocenters. The summed E-state index contributed by atoms with van der Waals surface area (Å²) in [5, 5.41) is 0.946. The van der Waals surface area contributed by atoms with E-state index < -0.39 is 22.5 Å². The molecule has 0 radical (unpaired) electrons. The zero-order valence-corrected chi connectivity index (χ0v) is 24.7. The lowest BCUT2D eigenvalue weighted by Crippen LogP contribution is -2.43. The number of nitrogens with zero attached hydrogens (tertiary/aromatic N) is 4. The molecule has 0 aliphatic heterocycles. The lowest BCUT2D eigenvalue weighted by molar-refractivity contribution is -0.130. The smallest absolute Gasteiger partial charge is 0.264 e. The van der Waals surface area contributed by atoms with E-state index in [1.807, 2.05) is 39.0 Å². The van der Waals surface area contributed by atoms with Gasteiger partial charge in [-0.25, -0.2) is 8.42 Å². The Labute approximate surface area is 237 Å². The molecule has 0 aliphatic carbocycles. The predicted octanol–water partition coefficient (Wildman–Crippen LogP) is 5.22. The molecule has 2 aromatic carbocycles. The predicted molar refractivity (Wildman–Crippen MR) is 154 cm³/mol. The Morgan fingerprint density at radius 3 is 2.46 bits per heavy atom. The molecular formula is C27H29ClN4O5S2. The third-order valence-corrected chi connectivity index (χ3v) is 9.20. The van der Waals surface area contributed by atoms with Crippen LogP contribution in [0.2, 0.25) is 5.02 Å². The maximum Gasteiger partial charge on any atom is 0.264 e. The zero-order chi connectivity index (χ0) is 28.3. The van der Waals surface area contributed by atoms with Crippen molar-refractivity contribution in [1.82, 2.24) is 14.3 Å². The first-order valence-electron chi connectivity index (χ1n) is 12.1. The zero-order valence-electron chi connectivity index (χ0n) is 22.3. The van der Waals surface area contributed by atoms with E-state index in [1.54, 1.807) is 17.0 Å².